The van der Waals surface area contributed by atoms with E-state index in [-0.39, 0.29) is 0 Å². The molecule has 4 rings (SSSR count). The van der Waals surface area contributed by atoms with Gasteiger partial charge in [-0.15, -0.1) is 0 Å². The maximum atomic E-state index is 4.71. The molecule has 1 saturated carbocycles. The molecule has 2 aromatic heterocycles. The molecular weight excluding hydrogens is 418 g/mol. The van der Waals surface area contributed by atoms with Crippen molar-refractivity contribution in [1.82, 2.24) is 24.8 Å². The molecular formula is C20H24BrN7. The van der Waals surface area contributed by atoms with Crippen LogP contribution in [0.1, 0.15) is 25.7 Å². The first-order valence-corrected chi connectivity index (χ1v) is 10.3. The van der Waals surface area contributed by atoms with Crippen LogP contribution in [0.2, 0.25) is 0 Å². The van der Waals surface area contributed by atoms with Crippen molar-refractivity contribution in [1.29, 1.82) is 0 Å². The molecule has 8 heteroatoms. The zero-order valence-corrected chi connectivity index (χ0v) is 17.6. The van der Waals surface area contributed by atoms with Crippen molar-refractivity contribution >= 4 is 44.4 Å². The Morgan fingerprint density at radius 3 is 2.64 bits per heavy atom. The second-order valence-corrected chi connectivity index (χ2v) is 8.31. The normalized spacial score (nSPS) is 19.7. The Hall–Kier alpha value is -2.32. The fraction of sp³-hybridized carbons (Fsp3) is 0.400. The molecule has 1 aromatic carbocycles. The van der Waals surface area contributed by atoms with Crippen LogP contribution in [0.4, 0.5) is 17.5 Å². The first-order chi connectivity index (χ1) is 13.6. The topological polar surface area (TPSA) is 78.9 Å². The average Bonchev–Trinajstić information content (AvgIpc) is 2.69. The Bertz CT molecular complexity index is 954. The van der Waals surface area contributed by atoms with E-state index < -0.39 is 0 Å². The van der Waals surface area contributed by atoms with E-state index in [0.29, 0.717) is 29.4 Å². The number of anilines is 3. The van der Waals surface area contributed by atoms with Crippen LogP contribution in [0.3, 0.4) is 0 Å². The monoisotopic (exact) mass is 441 g/mol. The summed E-state index contributed by atoms with van der Waals surface area (Å²) in [5, 5.41) is 6.83. The second kappa shape index (κ2) is 8.36. The summed E-state index contributed by atoms with van der Waals surface area (Å²) in [6, 6.07) is 9.02. The SMILES string of the molecule is CN(C)[C@H]1CC[C@H](Nc2ncc3ncnc(Nc4cccc(Br)c4)c3n2)CC1. The molecule has 0 bridgehead atoms. The van der Waals surface area contributed by atoms with Crippen molar-refractivity contribution in [2.45, 2.75) is 37.8 Å². The Kier molecular flexibility index (Phi) is 5.68. The van der Waals surface area contributed by atoms with Crippen LogP contribution < -0.4 is 10.6 Å². The number of nitrogens with zero attached hydrogens (tertiary/aromatic N) is 5. The molecule has 7 nitrogen and oxygen atoms in total. The van der Waals surface area contributed by atoms with Crippen LogP contribution in [-0.4, -0.2) is 51.0 Å². The van der Waals surface area contributed by atoms with Gasteiger partial charge < -0.3 is 15.5 Å². The van der Waals surface area contributed by atoms with Crippen LogP contribution >= 0.6 is 15.9 Å². The predicted molar refractivity (Wildman–Crippen MR) is 116 cm³/mol. The maximum Gasteiger partial charge on any atom is 0.223 e. The fourth-order valence-electron chi connectivity index (χ4n) is 3.64. The average molecular weight is 442 g/mol. The summed E-state index contributed by atoms with van der Waals surface area (Å²) >= 11 is 3.49. The molecule has 1 aliphatic rings. The van der Waals surface area contributed by atoms with Crippen molar-refractivity contribution in [2.75, 3.05) is 24.7 Å². The number of benzene rings is 1. The molecule has 0 amide bonds. The van der Waals surface area contributed by atoms with Gasteiger partial charge in [-0.25, -0.2) is 19.9 Å². The molecule has 0 aliphatic heterocycles. The first-order valence-electron chi connectivity index (χ1n) is 9.52. The Morgan fingerprint density at radius 1 is 1.07 bits per heavy atom. The van der Waals surface area contributed by atoms with E-state index >= 15 is 0 Å². The number of hydrogen-bond acceptors (Lipinski definition) is 7. The smallest absolute Gasteiger partial charge is 0.223 e. The quantitative estimate of drug-likeness (QED) is 0.613. The Morgan fingerprint density at radius 2 is 1.89 bits per heavy atom. The number of hydrogen-bond donors (Lipinski definition) is 2. The van der Waals surface area contributed by atoms with Crippen LogP contribution in [0.25, 0.3) is 11.0 Å². The van der Waals surface area contributed by atoms with Gasteiger partial charge in [0.1, 0.15) is 17.4 Å². The van der Waals surface area contributed by atoms with Gasteiger partial charge >= 0.3 is 0 Å². The Balaban J connectivity index is 1.53. The predicted octanol–water partition coefficient (Wildman–Crippen LogP) is 4.21. The fourth-order valence-corrected chi connectivity index (χ4v) is 4.04. The highest BCUT2D eigenvalue weighted by atomic mass is 79.9. The van der Waals surface area contributed by atoms with Gasteiger partial charge in [0.25, 0.3) is 0 Å². The van der Waals surface area contributed by atoms with Gasteiger partial charge in [-0.2, -0.15) is 0 Å². The summed E-state index contributed by atoms with van der Waals surface area (Å²) in [5.74, 6) is 1.30. The molecule has 0 atom stereocenters. The number of aromatic nitrogens is 4. The molecule has 0 spiro atoms. The van der Waals surface area contributed by atoms with Crippen LogP contribution in [0.15, 0.2) is 41.3 Å². The summed E-state index contributed by atoms with van der Waals surface area (Å²) in [6.45, 7) is 0. The number of nitrogens with one attached hydrogen (secondary N) is 2. The van der Waals surface area contributed by atoms with Crippen LogP contribution in [0.5, 0.6) is 0 Å². The number of fused-ring (bicyclic) bond motifs is 1. The van der Waals surface area contributed by atoms with E-state index in [2.05, 4.69) is 60.5 Å². The van der Waals surface area contributed by atoms with E-state index in [1.807, 2.05) is 24.3 Å². The van der Waals surface area contributed by atoms with Gasteiger partial charge in [-0.3, -0.25) is 0 Å². The molecule has 0 unspecified atom stereocenters. The third kappa shape index (κ3) is 4.39. The van der Waals surface area contributed by atoms with Gasteiger partial charge in [0.15, 0.2) is 5.82 Å². The van der Waals surface area contributed by atoms with E-state index in [0.717, 1.165) is 28.5 Å². The summed E-state index contributed by atoms with van der Waals surface area (Å²) in [4.78, 5) is 20.2. The second-order valence-electron chi connectivity index (χ2n) is 7.40. The van der Waals surface area contributed by atoms with Crippen molar-refractivity contribution in [3.05, 3.63) is 41.3 Å². The van der Waals surface area contributed by atoms with E-state index in [1.165, 1.54) is 19.2 Å². The molecule has 146 valence electrons. The van der Waals surface area contributed by atoms with E-state index in [4.69, 9.17) is 4.98 Å². The number of halogens is 1. The lowest BCUT2D eigenvalue weighted by molar-refractivity contribution is 0.221. The molecule has 0 radical (unpaired) electrons. The van der Waals surface area contributed by atoms with Crippen LogP contribution in [-0.2, 0) is 0 Å². The summed E-state index contributed by atoms with van der Waals surface area (Å²) in [5.41, 5.74) is 2.36. The molecule has 1 fully saturated rings. The van der Waals surface area contributed by atoms with Crippen molar-refractivity contribution in [2.24, 2.45) is 0 Å². The maximum absolute atomic E-state index is 4.71. The van der Waals surface area contributed by atoms with Crippen molar-refractivity contribution < 1.29 is 0 Å². The molecule has 1 aliphatic carbocycles. The van der Waals surface area contributed by atoms with Gasteiger partial charge in [0, 0.05) is 22.2 Å². The minimum Gasteiger partial charge on any atom is -0.351 e. The number of rotatable bonds is 5. The summed E-state index contributed by atoms with van der Waals surface area (Å²) in [6.07, 6.45) is 7.91. The highest BCUT2D eigenvalue weighted by molar-refractivity contribution is 9.10. The summed E-state index contributed by atoms with van der Waals surface area (Å²) < 4.78 is 1.00. The van der Waals surface area contributed by atoms with E-state index in [9.17, 15) is 0 Å². The standard InChI is InChI=1S/C20H24BrN7/c1-28(2)16-8-6-14(7-9-16)26-20-22-11-17-18(27-20)19(24-12-23-17)25-15-5-3-4-13(21)10-15/h3-5,10-12,14,16H,6-9H2,1-2H3,(H,22,26,27)(H,23,24,25)/t14-,16-. The van der Waals surface area contributed by atoms with Gasteiger partial charge in [-0.1, -0.05) is 22.0 Å². The lowest BCUT2D eigenvalue weighted by Crippen LogP contribution is -2.36. The molecule has 2 heterocycles. The van der Waals surface area contributed by atoms with Crippen molar-refractivity contribution in [3.8, 4) is 0 Å². The third-order valence-electron chi connectivity index (χ3n) is 5.22. The zero-order chi connectivity index (χ0) is 19.5. The molecule has 28 heavy (non-hydrogen) atoms. The Labute approximate surface area is 173 Å². The molecule has 3 aromatic rings. The van der Waals surface area contributed by atoms with Gasteiger partial charge in [-0.05, 0) is 58.0 Å². The highest BCUT2D eigenvalue weighted by Gasteiger charge is 2.23. The van der Waals surface area contributed by atoms with Crippen LogP contribution in [0, 0.1) is 0 Å². The van der Waals surface area contributed by atoms with Gasteiger partial charge in [0.05, 0.1) is 6.20 Å². The van der Waals surface area contributed by atoms with Gasteiger partial charge in [0.2, 0.25) is 5.95 Å². The minimum absolute atomic E-state index is 0.403. The lowest BCUT2D eigenvalue weighted by atomic mass is 9.91. The largest absolute Gasteiger partial charge is 0.351 e. The third-order valence-corrected chi connectivity index (χ3v) is 5.72. The first kappa shape index (κ1) is 19.0. The zero-order valence-electron chi connectivity index (χ0n) is 16.1. The summed E-state index contributed by atoms with van der Waals surface area (Å²) in [7, 11) is 4.31. The highest BCUT2D eigenvalue weighted by Crippen LogP contribution is 2.26. The van der Waals surface area contributed by atoms with E-state index in [1.54, 1.807) is 6.20 Å². The lowest BCUT2D eigenvalue weighted by Gasteiger charge is -2.32. The molecule has 2 N–H and O–H groups in total. The van der Waals surface area contributed by atoms with Crippen molar-refractivity contribution in [3.63, 3.8) is 0 Å². The molecule has 0 saturated heterocycles. The minimum atomic E-state index is 0.403.